The monoisotopic (exact) mass is 410 g/mol. The Bertz CT molecular complexity index is 965. The van der Waals surface area contributed by atoms with E-state index in [4.69, 9.17) is 9.47 Å². The van der Waals surface area contributed by atoms with E-state index in [0.717, 1.165) is 0 Å². The molecule has 154 valence electrons. The molecule has 2 rings (SSSR count). The molecule has 2 N–H and O–H groups in total. The van der Waals surface area contributed by atoms with Crippen LogP contribution in [0.25, 0.3) is 0 Å². The van der Waals surface area contributed by atoms with Gasteiger partial charge in [-0.3, -0.25) is 0 Å². The number of phenolic OH excluding ortho intramolecular Hbond substituents is 2. The third-order valence-corrected chi connectivity index (χ3v) is 3.61. The minimum absolute atomic E-state index is 0.00973. The molecule has 0 radical (unpaired) electrons. The summed E-state index contributed by atoms with van der Waals surface area (Å²) in [6.45, 7) is 0.0305. The minimum atomic E-state index is -0.678. The van der Waals surface area contributed by atoms with Gasteiger partial charge in [0, 0.05) is 0 Å². The van der Waals surface area contributed by atoms with Crippen molar-refractivity contribution in [2.75, 3.05) is 27.4 Å². The van der Waals surface area contributed by atoms with Crippen LogP contribution < -0.4 is 9.47 Å². The van der Waals surface area contributed by atoms with Crippen LogP contribution in [0.2, 0.25) is 0 Å². The molecule has 2 aromatic carbocycles. The topological polar surface area (TPSA) is 112 Å². The van der Waals surface area contributed by atoms with Crippen LogP contribution in [0.3, 0.4) is 0 Å². The van der Waals surface area contributed by atoms with Crippen LogP contribution in [0, 0.1) is 23.7 Å². The lowest BCUT2D eigenvalue weighted by Crippen LogP contribution is -2.03. The Balaban J connectivity index is 1.84. The minimum Gasteiger partial charge on any atom is -0.507 e. The summed E-state index contributed by atoms with van der Waals surface area (Å²) in [4.78, 5) is 23.0. The van der Waals surface area contributed by atoms with Crippen LogP contribution >= 0.6 is 0 Å². The Morgan fingerprint density at radius 2 is 1.17 bits per heavy atom. The number of carbonyl (C=O) groups is 2. The Kier molecular flexibility index (Phi) is 7.98. The number of hydrogen-bond donors (Lipinski definition) is 2. The van der Waals surface area contributed by atoms with E-state index in [1.807, 2.05) is 0 Å². The summed E-state index contributed by atoms with van der Waals surface area (Å²) in [5, 5.41) is 19.3. The smallest absolute Gasteiger partial charge is 0.341 e. The number of aromatic hydroxyl groups is 2. The van der Waals surface area contributed by atoms with Gasteiger partial charge in [-0.1, -0.05) is 0 Å². The largest absolute Gasteiger partial charge is 0.507 e. The van der Waals surface area contributed by atoms with Crippen LogP contribution in [0.1, 0.15) is 20.7 Å². The molecule has 0 aromatic heterocycles. The molecule has 0 atom stereocenters. The second kappa shape index (κ2) is 10.9. The summed E-state index contributed by atoms with van der Waals surface area (Å²) in [5.41, 5.74) is -0.0195. The number of methoxy groups -OCH3 is 2. The molecule has 0 fully saturated rings. The molecule has 0 aliphatic rings. The summed E-state index contributed by atoms with van der Waals surface area (Å²) < 4.78 is 19.9. The highest BCUT2D eigenvalue weighted by atomic mass is 16.5. The van der Waals surface area contributed by atoms with Gasteiger partial charge < -0.3 is 29.2 Å². The number of phenols is 2. The molecule has 0 bridgehead atoms. The van der Waals surface area contributed by atoms with Gasteiger partial charge in [0.1, 0.15) is 47.3 Å². The molecule has 8 nitrogen and oxygen atoms in total. The van der Waals surface area contributed by atoms with Gasteiger partial charge in [0.15, 0.2) is 0 Å². The van der Waals surface area contributed by atoms with Crippen molar-refractivity contribution in [3.63, 3.8) is 0 Å². The highest BCUT2D eigenvalue weighted by Crippen LogP contribution is 2.24. The number of hydrogen-bond acceptors (Lipinski definition) is 8. The van der Waals surface area contributed by atoms with Gasteiger partial charge in [0.05, 0.1) is 14.2 Å². The van der Waals surface area contributed by atoms with Crippen LogP contribution in [0.15, 0.2) is 36.4 Å². The maximum Gasteiger partial charge on any atom is 0.341 e. The van der Waals surface area contributed by atoms with E-state index in [-0.39, 0.29) is 35.8 Å². The zero-order valence-electron chi connectivity index (χ0n) is 16.2. The van der Waals surface area contributed by atoms with Gasteiger partial charge >= 0.3 is 11.9 Å². The fourth-order valence-electron chi connectivity index (χ4n) is 2.16. The van der Waals surface area contributed by atoms with Crippen molar-refractivity contribution in [3.8, 4) is 46.7 Å². The highest BCUT2D eigenvalue weighted by molar-refractivity contribution is 5.93. The van der Waals surface area contributed by atoms with Crippen LogP contribution in [0.5, 0.6) is 23.0 Å². The summed E-state index contributed by atoms with van der Waals surface area (Å²) in [6, 6.07) is 8.32. The lowest BCUT2D eigenvalue weighted by molar-refractivity contribution is 0.0587. The van der Waals surface area contributed by atoms with E-state index >= 15 is 0 Å². The molecule has 0 saturated carbocycles. The predicted octanol–water partition coefficient (Wildman–Crippen LogP) is 2.14. The zero-order chi connectivity index (χ0) is 21.9. The van der Waals surface area contributed by atoms with Crippen molar-refractivity contribution in [2.24, 2.45) is 0 Å². The van der Waals surface area contributed by atoms with Crippen LogP contribution in [0.4, 0.5) is 0 Å². The molecule has 0 saturated heterocycles. The summed E-state index contributed by atoms with van der Waals surface area (Å²) in [6.07, 6.45) is 0. The van der Waals surface area contributed by atoms with Gasteiger partial charge in [-0.15, -0.1) is 0 Å². The molecule has 0 amide bonds. The summed E-state index contributed by atoms with van der Waals surface area (Å²) in [7, 11) is 2.42. The molecular weight excluding hydrogens is 392 g/mol. The molecule has 0 aliphatic heterocycles. The van der Waals surface area contributed by atoms with Gasteiger partial charge in [-0.2, -0.15) is 0 Å². The quantitative estimate of drug-likeness (QED) is 0.550. The molecule has 0 heterocycles. The Morgan fingerprint density at radius 3 is 1.53 bits per heavy atom. The van der Waals surface area contributed by atoms with E-state index in [2.05, 4.69) is 33.2 Å². The number of ether oxygens (including phenoxy) is 4. The molecule has 0 unspecified atom stereocenters. The third kappa shape index (κ3) is 6.11. The van der Waals surface area contributed by atoms with Crippen molar-refractivity contribution in [2.45, 2.75) is 0 Å². The number of rotatable bonds is 6. The number of carbonyl (C=O) groups excluding carboxylic acids is 2. The molecule has 30 heavy (non-hydrogen) atoms. The van der Waals surface area contributed by atoms with Crippen molar-refractivity contribution < 1.29 is 38.7 Å². The first kappa shape index (κ1) is 22.0. The maximum absolute atomic E-state index is 11.5. The third-order valence-electron chi connectivity index (χ3n) is 3.61. The standard InChI is InChI=1S/C22H18O8/c1-27-21(25)17-13-15(7-9-19(17)23)29-11-5-3-4-6-12-30-16-8-10-20(24)18(14-16)22(26)28-2/h7-10,13-14,23-24H,11-12H2,1-2H3. The molecular formula is C22H18O8. The second-order valence-electron chi connectivity index (χ2n) is 5.52. The maximum atomic E-state index is 11.5. The first-order valence-corrected chi connectivity index (χ1v) is 8.50. The second-order valence-corrected chi connectivity index (χ2v) is 5.52. The van der Waals surface area contributed by atoms with E-state index < -0.39 is 11.9 Å². The first-order valence-electron chi connectivity index (χ1n) is 8.50. The average Bonchev–Trinajstić information content (AvgIpc) is 2.76. The molecule has 8 heteroatoms. The van der Waals surface area contributed by atoms with Gasteiger partial charge in [-0.05, 0) is 60.1 Å². The molecule has 0 spiro atoms. The Hall–Kier alpha value is -4.30. The van der Waals surface area contributed by atoms with Crippen molar-refractivity contribution in [3.05, 3.63) is 47.5 Å². The van der Waals surface area contributed by atoms with E-state index in [1.54, 1.807) is 0 Å². The van der Waals surface area contributed by atoms with Crippen LogP contribution in [-0.4, -0.2) is 49.6 Å². The van der Waals surface area contributed by atoms with E-state index in [0.29, 0.717) is 11.5 Å². The predicted molar refractivity (Wildman–Crippen MR) is 105 cm³/mol. The Labute approximate surface area is 173 Å². The SMILES string of the molecule is COC(=O)c1cc(OCC#CC#CCOc2ccc(O)c(C(=O)OC)c2)ccc1O. The van der Waals surface area contributed by atoms with Crippen molar-refractivity contribution in [1.29, 1.82) is 0 Å². The van der Waals surface area contributed by atoms with Crippen molar-refractivity contribution >= 4 is 11.9 Å². The Morgan fingerprint density at radius 1 is 0.767 bits per heavy atom. The summed E-state index contributed by atoms with van der Waals surface area (Å²) >= 11 is 0. The highest BCUT2D eigenvalue weighted by Gasteiger charge is 2.13. The van der Waals surface area contributed by atoms with E-state index in [1.165, 1.54) is 50.6 Å². The lowest BCUT2D eigenvalue weighted by atomic mass is 10.2. The number of esters is 2. The summed E-state index contributed by atoms with van der Waals surface area (Å²) in [5.74, 6) is 9.41. The molecule has 0 aliphatic carbocycles. The van der Waals surface area contributed by atoms with Gasteiger partial charge in [0.25, 0.3) is 0 Å². The van der Waals surface area contributed by atoms with Crippen molar-refractivity contribution in [1.82, 2.24) is 0 Å². The lowest BCUT2D eigenvalue weighted by Gasteiger charge is -2.06. The normalized spacial score (nSPS) is 9.27. The fourth-order valence-corrected chi connectivity index (χ4v) is 2.16. The zero-order valence-corrected chi connectivity index (χ0v) is 16.2. The van der Waals surface area contributed by atoms with Crippen LogP contribution in [-0.2, 0) is 9.47 Å². The fraction of sp³-hybridized carbons (Fsp3) is 0.182. The van der Waals surface area contributed by atoms with Gasteiger partial charge in [0.2, 0.25) is 0 Å². The average molecular weight is 410 g/mol. The van der Waals surface area contributed by atoms with Gasteiger partial charge in [-0.25, -0.2) is 9.59 Å². The van der Waals surface area contributed by atoms with E-state index in [9.17, 15) is 19.8 Å². The molecule has 2 aromatic rings. The number of benzene rings is 2. The first-order chi connectivity index (χ1) is 14.5.